The predicted octanol–water partition coefficient (Wildman–Crippen LogP) is 2.88. The molecule has 1 atom stereocenters. The van der Waals surface area contributed by atoms with E-state index in [4.69, 9.17) is 9.94 Å². The van der Waals surface area contributed by atoms with Gasteiger partial charge in [0.25, 0.3) is 5.91 Å². The molecule has 160 valence electrons. The van der Waals surface area contributed by atoms with Crippen LogP contribution < -0.4 is 21.4 Å². The fraction of sp³-hybridized carbons (Fsp3) is 0.190. The van der Waals surface area contributed by atoms with Crippen LogP contribution in [-0.2, 0) is 4.74 Å². The van der Waals surface area contributed by atoms with Crippen LogP contribution >= 0.6 is 0 Å². The van der Waals surface area contributed by atoms with Crippen molar-refractivity contribution in [3.05, 3.63) is 71.7 Å². The van der Waals surface area contributed by atoms with Gasteiger partial charge in [0.15, 0.2) is 11.6 Å². The fourth-order valence-electron chi connectivity index (χ4n) is 3.18. The van der Waals surface area contributed by atoms with Crippen molar-refractivity contribution in [2.24, 2.45) is 0 Å². The molecule has 3 aromatic rings. The highest BCUT2D eigenvalue weighted by atomic mass is 19.1. The number of carbonyl (C=O) groups excluding carboxylic acids is 1. The number of rotatable bonds is 6. The van der Waals surface area contributed by atoms with E-state index in [0.29, 0.717) is 6.61 Å². The molecule has 1 unspecified atom stereocenters. The van der Waals surface area contributed by atoms with Gasteiger partial charge in [-0.3, -0.25) is 10.0 Å². The van der Waals surface area contributed by atoms with Crippen LogP contribution in [0, 0.1) is 5.82 Å². The lowest BCUT2D eigenvalue weighted by molar-refractivity contribution is 0.0277. The minimum Gasteiger partial charge on any atom is -0.371 e. The zero-order valence-corrected chi connectivity index (χ0v) is 16.4. The molecule has 0 aliphatic carbocycles. The Morgan fingerprint density at radius 2 is 1.97 bits per heavy atom. The Morgan fingerprint density at radius 1 is 1.16 bits per heavy atom. The van der Waals surface area contributed by atoms with Crippen LogP contribution in [0.1, 0.15) is 22.0 Å². The first-order valence-electron chi connectivity index (χ1n) is 9.66. The molecule has 10 heteroatoms. The van der Waals surface area contributed by atoms with Gasteiger partial charge in [-0.25, -0.2) is 14.9 Å². The van der Waals surface area contributed by atoms with Gasteiger partial charge in [-0.15, -0.1) is 0 Å². The topological polar surface area (TPSA) is 120 Å². The number of hydroxylamine groups is 1. The first kappa shape index (κ1) is 20.7. The van der Waals surface area contributed by atoms with Gasteiger partial charge in [-0.1, -0.05) is 24.3 Å². The van der Waals surface area contributed by atoms with Crippen molar-refractivity contribution in [3.63, 3.8) is 0 Å². The van der Waals surface area contributed by atoms with E-state index in [9.17, 15) is 9.18 Å². The number of carbonyl (C=O) groups is 1. The molecule has 1 aliphatic heterocycles. The highest BCUT2D eigenvalue weighted by molar-refractivity contribution is 5.99. The molecule has 1 saturated heterocycles. The average molecular weight is 424 g/mol. The van der Waals surface area contributed by atoms with Gasteiger partial charge < -0.3 is 20.7 Å². The zero-order valence-electron chi connectivity index (χ0n) is 16.4. The second-order valence-corrected chi connectivity index (χ2v) is 6.81. The Bertz CT molecular complexity index is 1060. The maximum Gasteiger partial charge on any atom is 0.276 e. The molecule has 0 saturated carbocycles. The molecular formula is C21H21FN6O3. The molecule has 4 rings (SSSR count). The summed E-state index contributed by atoms with van der Waals surface area (Å²) in [4.78, 5) is 19.9. The lowest BCUT2D eigenvalue weighted by Crippen LogP contribution is -2.33. The van der Waals surface area contributed by atoms with Gasteiger partial charge in [-0.05, 0) is 29.8 Å². The van der Waals surface area contributed by atoms with E-state index >= 15 is 0 Å². The third-order valence-electron chi connectivity index (χ3n) is 4.74. The summed E-state index contributed by atoms with van der Waals surface area (Å²) in [6, 6.07) is 14.0. The molecule has 9 nitrogen and oxygen atoms in total. The Labute approximate surface area is 177 Å². The Kier molecular flexibility index (Phi) is 6.32. The number of aromatic nitrogens is 2. The highest BCUT2D eigenvalue weighted by Gasteiger charge is 2.16. The van der Waals surface area contributed by atoms with E-state index in [1.165, 1.54) is 6.07 Å². The summed E-state index contributed by atoms with van der Waals surface area (Å²) >= 11 is 0. The molecule has 2 heterocycles. The molecule has 1 amide bonds. The molecule has 2 aromatic carbocycles. The van der Waals surface area contributed by atoms with Crippen molar-refractivity contribution in [1.82, 2.24) is 20.8 Å². The standard InChI is InChI=1S/C21H21FN6O3/c22-16-11-24-21(25-14-7-5-13(6-8-14)18-12-23-9-10-31-18)27-19(16)26-17-4-2-1-3-15(17)20(29)28-30/h1-8,11,18,23,30H,9-10,12H2,(H,28,29)(H2,24,25,26,27). The number of ether oxygens (including phenoxy) is 1. The van der Waals surface area contributed by atoms with Gasteiger partial charge in [-0.2, -0.15) is 4.98 Å². The molecule has 1 aromatic heterocycles. The van der Waals surface area contributed by atoms with Gasteiger partial charge in [0.05, 0.1) is 30.2 Å². The molecule has 0 radical (unpaired) electrons. The van der Waals surface area contributed by atoms with E-state index in [-0.39, 0.29) is 29.1 Å². The molecule has 1 aliphatic rings. The Hall–Kier alpha value is -3.60. The molecular weight excluding hydrogens is 403 g/mol. The van der Waals surface area contributed by atoms with E-state index in [1.807, 2.05) is 24.3 Å². The van der Waals surface area contributed by atoms with Crippen LogP contribution in [0.2, 0.25) is 0 Å². The molecule has 1 fully saturated rings. The third-order valence-corrected chi connectivity index (χ3v) is 4.74. The molecule has 31 heavy (non-hydrogen) atoms. The second-order valence-electron chi connectivity index (χ2n) is 6.81. The Balaban J connectivity index is 1.50. The zero-order chi connectivity index (χ0) is 21.6. The third kappa shape index (κ3) is 4.94. The van der Waals surface area contributed by atoms with E-state index in [1.54, 1.807) is 23.7 Å². The fourth-order valence-corrected chi connectivity index (χ4v) is 3.18. The number of amides is 1. The quantitative estimate of drug-likeness (QED) is 0.303. The number of benzene rings is 2. The number of morpholine rings is 1. The summed E-state index contributed by atoms with van der Waals surface area (Å²) in [6.07, 6.45) is 1.04. The van der Waals surface area contributed by atoms with Gasteiger partial charge in [0.2, 0.25) is 5.95 Å². The average Bonchev–Trinajstić information content (AvgIpc) is 2.82. The Morgan fingerprint density at radius 3 is 2.71 bits per heavy atom. The van der Waals surface area contributed by atoms with Crippen molar-refractivity contribution in [1.29, 1.82) is 0 Å². The first-order chi connectivity index (χ1) is 15.1. The van der Waals surface area contributed by atoms with Crippen LogP contribution in [0.15, 0.2) is 54.7 Å². The van der Waals surface area contributed by atoms with Gasteiger partial charge in [0, 0.05) is 18.8 Å². The van der Waals surface area contributed by atoms with E-state index in [2.05, 4.69) is 25.9 Å². The minimum absolute atomic E-state index is 0.0110. The summed E-state index contributed by atoms with van der Waals surface area (Å²) in [7, 11) is 0. The van der Waals surface area contributed by atoms with Crippen LogP contribution in [-0.4, -0.2) is 40.8 Å². The molecule has 0 bridgehead atoms. The maximum absolute atomic E-state index is 14.3. The van der Waals surface area contributed by atoms with Crippen LogP contribution in [0.3, 0.4) is 0 Å². The van der Waals surface area contributed by atoms with Crippen LogP contribution in [0.5, 0.6) is 0 Å². The SMILES string of the molecule is O=C(NO)c1ccccc1Nc1nc(Nc2ccc(C3CNCCO3)cc2)ncc1F. The van der Waals surface area contributed by atoms with E-state index < -0.39 is 11.7 Å². The lowest BCUT2D eigenvalue weighted by atomic mass is 10.1. The predicted molar refractivity (Wildman–Crippen MR) is 112 cm³/mol. The second kappa shape index (κ2) is 9.47. The summed E-state index contributed by atoms with van der Waals surface area (Å²) < 4.78 is 20.0. The van der Waals surface area contributed by atoms with Crippen molar-refractivity contribution in [2.75, 3.05) is 30.3 Å². The number of nitrogens with zero attached hydrogens (tertiary/aromatic N) is 2. The number of anilines is 4. The van der Waals surface area contributed by atoms with Crippen molar-refractivity contribution in [2.45, 2.75) is 6.10 Å². The van der Waals surface area contributed by atoms with Crippen LogP contribution in [0.4, 0.5) is 27.5 Å². The number of hydrogen-bond donors (Lipinski definition) is 5. The summed E-state index contributed by atoms with van der Waals surface area (Å²) in [5, 5.41) is 18.0. The maximum atomic E-state index is 14.3. The largest absolute Gasteiger partial charge is 0.371 e. The summed E-state index contributed by atoms with van der Waals surface area (Å²) in [6.45, 7) is 2.29. The lowest BCUT2D eigenvalue weighted by Gasteiger charge is -2.24. The summed E-state index contributed by atoms with van der Waals surface area (Å²) in [5.74, 6) is -1.36. The smallest absolute Gasteiger partial charge is 0.276 e. The van der Waals surface area contributed by atoms with Crippen LogP contribution in [0.25, 0.3) is 0 Å². The molecule has 5 N–H and O–H groups in total. The number of hydrogen-bond acceptors (Lipinski definition) is 8. The highest BCUT2D eigenvalue weighted by Crippen LogP contribution is 2.25. The number of nitrogens with one attached hydrogen (secondary N) is 4. The first-order valence-corrected chi connectivity index (χ1v) is 9.66. The van der Waals surface area contributed by atoms with Gasteiger partial charge in [0.1, 0.15) is 0 Å². The van der Waals surface area contributed by atoms with Gasteiger partial charge >= 0.3 is 0 Å². The normalized spacial score (nSPS) is 15.9. The number of halogens is 1. The van der Waals surface area contributed by atoms with Crippen molar-refractivity contribution >= 4 is 29.0 Å². The van der Waals surface area contributed by atoms with E-state index in [0.717, 1.165) is 30.5 Å². The monoisotopic (exact) mass is 424 g/mol. The minimum atomic E-state index is -0.729. The molecule has 0 spiro atoms. The summed E-state index contributed by atoms with van der Waals surface area (Å²) in [5.41, 5.74) is 3.76. The van der Waals surface area contributed by atoms with Crippen molar-refractivity contribution < 1.29 is 19.1 Å². The van der Waals surface area contributed by atoms with Crippen molar-refractivity contribution in [3.8, 4) is 0 Å². The number of para-hydroxylation sites is 1.